The summed E-state index contributed by atoms with van der Waals surface area (Å²) in [5.74, 6) is -0.251. The molecule has 1 N–H and O–H groups in total. The molecular weight excluding hydrogens is 306 g/mol. The first kappa shape index (κ1) is 16.4. The molecule has 1 fully saturated rings. The molecule has 0 saturated carbocycles. The maximum Gasteiger partial charge on any atom is 0.261 e. The van der Waals surface area contributed by atoms with Gasteiger partial charge < -0.3 is 14.6 Å². The van der Waals surface area contributed by atoms with E-state index in [1.807, 2.05) is 32.9 Å². The van der Waals surface area contributed by atoms with Crippen molar-refractivity contribution in [1.29, 1.82) is 0 Å². The number of amides is 1. The summed E-state index contributed by atoms with van der Waals surface area (Å²) in [5.41, 5.74) is 3.42. The van der Waals surface area contributed by atoms with E-state index >= 15 is 0 Å². The number of nitrogens with one attached hydrogen (secondary N) is 1. The highest BCUT2D eigenvalue weighted by molar-refractivity contribution is 5.94. The summed E-state index contributed by atoms with van der Waals surface area (Å²) in [6, 6.07) is 5.52. The van der Waals surface area contributed by atoms with Crippen LogP contribution in [0.15, 0.2) is 29.2 Å². The lowest BCUT2D eigenvalue weighted by atomic mass is 10.1. The van der Waals surface area contributed by atoms with Gasteiger partial charge in [-0.1, -0.05) is 0 Å². The van der Waals surface area contributed by atoms with E-state index in [1.54, 1.807) is 17.2 Å². The maximum atomic E-state index is 12.8. The number of aryl methyl sites for hydroxylation is 3. The van der Waals surface area contributed by atoms with Gasteiger partial charge in [0.25, 0.3) is 11.5 Å². The Labute approximate surface area is 140 Å². The highest BCUT2D eigenvalue weighted by Crippen LogP contribution is 2.23. The lowest BCUT2D eigenvalue weighted by Gasteiger charge is -2.33. The Hall–Kier alpha value is -2.47. The molecule has 2 aromatic rings. The van der Waals surface area contributed by atoms with Gasteiger partial charge in [0, 0.05) is 24.1 Å². The van der Waals surface area contributed by atoms with E-state index in [2.05, 4.69) is 9.97 Å². The monoisotopic (exact) mass is 327 g/mol. The van der Waals surface area contributed by atoms with Gasteiger partial charge in [0.2, 0.25) is 0 Å². The zero-order valence-corrected chi connectivity index (χ0v) is 14.1. The molecule has 6 heteroatoms. The Balaban J connectivity index is 1.83. The van der Waals surface area contributed by atoms with Gasteiger partial charge in [-0.25, -0.2) is 0 Å². The van der Waals surface area contributed by atoms with Crippen molar-refractivity contribution in [3.63, 3.8) is 0 Å². The molecule has 24 heavy (non-hydrogen) atoms. The van der Waals surface area contributed by atoms with Crippen molar-refractivity contribution in [2.45, 2.75) is 26.9 Å². The summed E-state index contributed by atoms with van der Waals surface area (Å²) in [6.45, 7) is 6.97. The third-order valence-electron chi connectivity index (χ3n) is 4.37. The van der Waals surface area contributed by atoms with Gasteiger partial charge >= 0.3 is 0 Å². The SMILES string of the molecule is Cc1cc([C@@H]2CN(C(=O)c3cc(C)c(C)[nH]c3=O)CCO2)ccn1. The van der Waals surface area contributed by atoms with E-state index in [4.69, 9.17) is 4.74 Å². The summed E-state index contributed by atoms with van der Waals surface area (Å²) in [6.07, 6.45) is 1.54. The first-order valence-corrected chi connectivity index (χ1v) is 7.99. The van der Waals surface area contributed by atoms with Gasteiger partial charge in [0.15, 0.2) is 0 Å². The zero-order chi connectivity index (χ0) is 17.3. The molecule has 1 atom stereocenters. The Morgan fingerprint density at radius 2 is 2.12 bits per heavy atom. The number of ether oxygens (including phenoxy) is 1. The number of pyridine rings is 2. The Kier molecular flexibility index (Phi) is 4.49. The average molecular weight is 327 g/mol. The lowest BCUT2D eigenvalue weighted by molar-refractivity contribution is -0.0229. The van der Waals surface area contributed by atoms with Crippen LogP contribution in [0, 0.1) is 20.8 Å². The van der Waals surface area contributed by atoms with Gasteiger partial charge in [-0.3, -0.25) is 14.6 Å². The smallest absolute Gasteiger partial charge is 0.261 e. The van der Waals surface area contributed by atoms with Crippen molar-refractivity contribution >= 4 is 5.91 Å². The minimum Gasteiger partial charge on any atom is -0.370 e. The maximum absolute atomic E-state index is 12.8. The van der Waals surface area contributed by atoms with Crippen molar-refractivity contribution in [2.75, 3.05) is 19.7 Å². The first-order valence-electron chi connectivity index (χ1n) is 7.99. The fraction of sp³-hybridized carbons (Fsp3) is 0.389. The molecule has 2 aromatic heterocycles. The highest BCUT2D eigenvalue weighted by Gasteiger charge is 2.27. The molecule has 1 amide bonds. The molecule has 0 aliphatic carbocycles. The molecule has 0 radical (unpaired) electrons. The molecule has 0 spiro atoms. The quantitative estimate of drug-likeness (QED) is 0.914. The standard InChI is InChI=1S/C18H21N3O3/c1-11-8-15(17(22)20-13(11)3)18(23)21-6-7-24-16(10-21)14-4-5-19-12(2)9-14/h4-5,8-9,16H,6-7,10H2,1-3H3,(H,20,22)/t16-/m0/s1. The van der Waals surface area contributed by atoms with E-state index in [0.717, 1.165) is 22.5 Å². The minimum atomic E-state index is -0.342. The highest BCUT2D eigenvalue weighted by atomic mass is 16.5. The topological polar surface area (TPSA) is 75.3 Å². The van der Waals surface area contributed by atoms with Crippen LogP contribution in [0.1, 0.15) is 39.0 Å². The Morgan fingerprint density at radius 1 is 1.33 bits per heavy atom. The number of carbonyl (C=O) groups excluding carboxylic acids is 1. The van der Waals surface area contributed by atoms with Crippen molar-refractivity contribution < 1.29 is 9.53 Å². The Morgan fingerprint density at radius 3 is 2.88 bits per heavy atom. The number of aromatic amines is 1. The number of morpholine rings is 1. The molecule has 0 unspecified atom stereocenters. The summed E-state index contributed by atoms with van der Waals surface area (Å²) in [7, 11) is 0. The molecule has 0 aromatic carbocycles. The van der Waals surface area contributed by atoms with Crippen LogP contribution in [-0.2, 0) is 4.74 Å². The number of carbonyl (C=O) groups is 1. The lowest BCUT2D eigenvalue weighted by Crippen LogP contribution is -2.44. The van der Waals surface area contributed by atoms with Gasteiger partial charge in [-0.15, -0.1) is 0 Å². The third kappa shape index (κ3) is 3.23. The molecule has 6 nitrogen and oxygen atoms in total. The molecule has 3 rings (SSSR count). The largest absolute Gasteiger partial charge is 0.370 e. The molecule has 126 valence electrons. The van der Waals surface area contributed by atoms with E-state index < -0.39 is 0 Å². The predicted molar refractivity (Wildman–Crippen MR) is 90.1 cm³/mol. The molecular formula is C18H21N3O3. The fourth-order valence-electron chi connectivity index (χ4n) is 2.86. The summed E-state index contributed by atoms with van der Waals surface area (Å²) in [4.78, 5) is 33.5. The van der Waals surface area contributed by atoms with Crippen LogP contribution in [-0.4, -0.2) is 40.5 Å². The van der Waals surface area contributed by atoms with Crippen molar-refractivity contribution in [2.24, 2.45) is 0 Å². The average Bonchev–Trinajstić information content (AvgIpc) is 2.58. The summed E-state index contributed by atoms with van der Waals surface area (Å²) >= 11 is 0. The predicted octanol–water partition coefficient (Wildman–Crippen LogP) is 1.91. The second-order valence-electron chi connectivity index (χ2n) is 6.16. The van der Waals surface area contributed by atoms with Crippen LogP contribution in [0.3, 0.4) is 0 Å². The van der Waals surface area contributed by atoms with Crippen LogP contribution in [0.2, 0.25) is 0 Å². The van der Waals surface area contributed by atoms with Crippen LogP contribution in [0.25, 0.3) is 0 Å². The normalized spacial score (nSPS) is 17.8. The van der Waals surface area contributed by atoms with Gasteiger partial charge in [0.1, 0.15) is 11.7 Å². The zero-order valence-electron chi connectivity index (χ0n) is 14.1. The second kappa shape index (κ2) is 6.57. The summed E-state index contributed by atoms with van der Waals surface area (Å²) < 4.78 is 5.80. The number of aromatic nitrogens is 2. The second-order valence-corrected chi connectivity index (χ2v) is 6.16. The van der Waals surface area contributed by atoms with E-state index in [-0.39, 0.29) is 23.1 Å². The fourth-order valence-corrected chi connectivity index (χ4v) is 2.86. The number of H-pyrrole nitrogens is 1. The van der Waals surface area contributed by atoms with Crippen LogP contribution in [0.5, 0.6) is 0 Å². The number of nitrogens with zero attached hydrogens (tertiary/aromatic N) is 2. The Bertz CT molecular complexity index is 828. The van der Waals surface area contributed by atoms with Crippen molar-refractivity contribution in [3.8, 4) is 0 Å². The van der Waals surface area contributed by atoms with Gasteiger partial charge in [-0.2, -0.15) is 0 Å². The van der Waals surface area contributed by atoms with Gasteiger partial charge in [0.05, 0.1) is 13.2 Å². The molecule has 3 heterocycles. The minimum absolute atomic E-state index is 0.185. The van der Waals surface area contributed by atoms with E-state index in [0.29, 0.717) is 19.7 Å². The molecule has 0 bridgehead atoms. The van der Waals surface area contributed by atoms with E-state index in [1.165, 1.54) is 0 Å². The number of hydrogen-bond donors (Lipinski definition) is 1. The third-order valence-corrected chi connectivity index (χ3v) is 4.37. The van der Waals surface area contributed by atoms with Crippen molar-refractivity contribution in [1.82, 2.24) is 14.9 Å². The molecule has 1 aliphatic heterocycles. The molecule has 1 saturated heterocycles. The number of rotatable bonds is 2. The first-order chi connectivity index (χ1) is 11.5. The van der Waals surface area contributed by atoms with Gasteiger partial charge in [-0.05, 0) is 50.1 Å². The van der Waals surface area contributed by atoms with Crippen molar-refractivity contribution in [3.05, 3.63) is 62.8 Å². The molecule has 1 aliphatic rings. The van der Waals surface area contributed by atoms with E-state index in [9.17, 15) is 9.59 Å². The van der Waals surface area contributed by atoms with Crippen LogP contribution in [0.4, 0.5) is 0 Å². The van der Waals surface area contributed by atoms with Crippen LogP contribution < -0.4 is 5.56 Å². The number of hydrogen-bond acceptors (Lipinski definition) is 4. The van der Waals surface area contributed by atoms with Crippen LogP contribution >= 0.6 is 0 Å². The summed E-state index contributed by atoms with van der Waals surface area (Å²) in [5, 5.41) is 0.